The molecular weight excluding hydrogens is 271 g/mol. The molecule has 0 fully saturated rings. The van der Waals surface area contributed by atoms with Crippen LogP contribution in [-0.4, -0.2) is 28.9 Å². The molecule has 0 N–H and O–H groups in total. The van der Waals surface area contributed by atoms with E-state index >= 15 is 0 Å². The molecule has 0 aliphatic heterocycles. The summed E-state index contributed by atoms with van der Waals surface area (Å²) in [6.45, 7) is 8.29. The van der Waals surface area contributed by atoms with Gasteiger partial charge in [-0.05, 0) is 24.5 Å². The van der Waals surface area contributed by atoms with Crippen LogP contribution < -0.4 is 0 Å². The van der Waals surface area contributed by atoms with Crippen LogP contribution >= 0.6 is 23.2 Å². The molecular formula is C13H18Cl2N2O. The summed E-state index contributed by atoms with van der Waals surface area (Å²) >= 11 is 11.6. The summed E-state index contributed by atoms with van der Waals surface area (Å²) in [5.74, 6) is -0.108. The van der Waals surface area contributed by atoms with Crippen molar-refractivity contribution in [2.24, 2.45) is 5.41 Å². The molecule has 0 aromatic carbocycles. The lowest BCUT2D eigenvalue weighted by molar-refractivity contribution is 0.0629. The van der Waals surface area contributed by atoms with Gasteiger partial charge < -0.3 is 4.90 Å². The number of hydrogen-bond donors (Lipinski definition) is 0. The number of amides is 1. The molecule has 1 heterocycles. The second kappa shape index (κ2) is 5.45. The number of halogens is 2. The fraction of sp³-hybridized carbons (Fsp3) is 0.538. The fourth-order valence-electron chi connectivity index (χ4n) is 1.55. The second-order valence-corrected chi connectivity index (χ2v) is 6.23. The van der Waals surface area contributed by atoms with Gasteiger partial charge in [-0.2, -0.15) is 0 Å². The van der Waals surface area contributed by atoms with Gasteiger partial charge in [0.25, 0.3) is 5.91 Å². The summed E-state index contributed by atoms with van der Waals surface area (Å²) in [7, 11) is 1.78. The van der Waals surface area contributed by atoms with E-state index in [2.05, 4.69) is 25.8 Å². The summed E-state index contributed by atoms with van der Waals surface area (Å²) in [6.07, 6.45) is 0. The van der Waals surface area contributed by atoms with Gasteiger partial charge in [-0.3, -0.25) is 4.79 Å². The lowest BCUT2D eigenvalue weighted by Gasteiger charge is -2.35. The van der Waals surface area contributed by atoms with Crippen LogP contribution in [0.5, 0.6) is 0 Å². The van der Waals surface area contributed by atoms with Crippen molar-refractivity contribution < 1.29 is 4.79 Å². The minimum absolute atomic E-state index is 0.00499. The third kappa shape index (κ3) is 3.59. The first-order chi connectivity index (χ1) is 8.12. The first-order valence-corrected chi connectivity index (χ1v) is 6.48. The average molecular weight is 289 g/mol. The van der Waals surface area contributed by atoms with Crippen molar-refractivity contribution in [3.8, 4) is 0 Å². The Labute approximate surface area is 118 Å². The lowest BCUT2D eigenvalue weighted by atomic mass is 9.87. The smallest absolute Gasteiger partial charge is 0.254 e. The zero-order valence-electron chi connectivity index (χ0n) is 11.3. The second-order valence-electron chi connectivity index (χ2n) is 5.46. The van der Waals surface area contributed by atoms with Crippen LogP contribution in [0.2, 0.25) is 10.3 Å². The van der Waals surface area contributed by atoms with Crippen LogP contribution in [0.4, 0.5) is 0 Å². The topological polar surface area (TPSA) is 33.2 Å². The highest BCUT2D eigenvalue weighted by Crippen LogP contribution is 2.25. The number of nitrogens with zero attached hydrogens (tertiary/aromatic N) is 2. The molecule has 18 heavy (non-hydrogen) atoms. The van der Waals surface area contributed by atoms with E-state index in [1.165, 1.54) is 12.1 Å². The van der Waals surface area contributed by atoms with Gasteiger partial charge in [0.05, 0.1) is 0 Å². The van der Waals surface area contributed by atoms with Crippen molar-refractivity contribution in [3.63, 3.8) is 0 Å². The van der Waals surface area contributed by atoms with Gasteiger partial charge in [0.1, 0.15) is 10.3 Å². The largest absolute Gasteiger partial charge is 0.338 e. The third-order valence-electron chi connectivity index (χ3n) is 3.16. The van der Waals surface area contributed by atoms with Crippen LogP contribution in [0.1, 0.15) is 38.1 Å². The van der Waals surface area contributed by atoms with E-state index in [1.807, 2.05) is 6.92 Å². The Bertz CT molecular complexity index is 435. The zero-order valence-corrected chi connectivity index (χ0v) is 12.8. The summed E-state index contributed by atoms with van der Waals surface area (Å²) in [6, 6.07) is 3.15. The highest BCUT2D eigenvalue weighted by Gasteiger charge is 2.27. The SMILES string of the molecule is CC(N(C)C(=O)c1cc(Cl)nc(Cl)c1)C(C)(C)C. The normalized spacial score (nSPS) is 13.3. The van der Waals surface area contributed by atoms with Crippen molar-refractivity contribution >= 4 is 29.1 Å². The maximum absolute atomic E-state index is 12.3. The Morgan fingerprint density at radius 3 is 2.11 bits per heavy atom. The van der Waals surface area contributed by atoms with Crippen molar-refractivity contribution in [2.75, 3.05) is 7.05 Å². The Morgan fingerprint density at radius 1 is 1.28 bits per heavy atom. The first-order valence-electron chi connectivity index (χ1n) is 5.73. The van der Waals surface area contributed by atoms with E-state index in [-0.39, 0.29) is 27.7 Å². The quantitative estimate of drug-likeness (QED) is 0.774. The number of pyridine rings is 1. The Hall–Kier alpha value is -0.800. The first kappa shape index (κ1) is 15.3. The van der Waals surface area contributed by atoms with E-state index in [9.17, 15) is 4.79 Å². The monoisotopic (exact) mass is 288 g/mol. The predicted octanol–water partition coefficient (Wildman–Crippen LogP) is 3.90. The highest BCUT2D eigenvalue weighted by molar-refractivity contribution is 6.33. The molecule has 1 atom stereocenters. The van der Waals surface area contributed by atoms with Crippen LogP contribution in [0.15, 0.2) is 12.1 Å². The van der Waals surface area contributed by atoms with Crippen molar-refractivity contribution in [1.82, 2.24) is 9.88 Å². The van der Waals surface area contributed by atoms with Crippen molar-refractivity contribution in [3.05, 3.63) is 28.0 Å². The molecule has 1 aromatic heterocycles. The average Bonchev–Trinajstić information content (AvgIpc) is 2.23. The number of aromatic nitrogens is 1. The third-order valence-corrected chi connectivity index (χ3v) is 3.55. The fourth-order valence-corrected chi connectivity index (χ4v) is 2.01. The molecule has 0 bridgehead atoms. The van der Waals surface area contributed by atoms with Crippen LogP contribution in [0.25, 0.3) is 0 Å². The zero-order chi connectivity index (χ0) is 14.1. The summed E-state index contributed by atoms with van der Waals surface area (Å²) in [4.78, 5) is 17.8. The molecule has 0 aliphatic rings. The number of carbonyl (C=O) groups excluding carboxylic acids is 1. The molecule has 1 amide bonds. The van der Waals surface area contributed by atoms with Gasteiger partial charge in [-0.15, -0.1) is 0 Å². The van der Waals surface area contributed by atoms with Gasteiger partial charge >= 0.3 is 0 Å². The van der Waals surface area contributed by atoms with Crippen molar-refractivity contribution in [1.29, 1.82) is 0 Å². The molecule has 0 saturated heterocycles. The van der Waals surface area contributed by atoms with E-state index in [1.54, 1.807) is 11.9 Å². The molecule has 5 heteroatoms. The molecule has 100 valence electrons. The van der Waals surface area contributed by atoms with E-state index < -0.39 is 0 Å². The van der Waals surface area contributed by atoms with Gasteiger partial charge in [0, 0.05) is 18.7 Å². The van der Waals surface area contributed by atoms with E-state index in [4.69, 9.17) is 23.2 Å². The van der Waals surface area contributed by atoms with Crippen LogP contribution in [0.3, 0.4) is 0 Å². The van der Waals surface area contributed by atoms with Crippen LogP contribution in [-0.2, 0) is 0 Å². The number of hydrogen-bond acceptors (Lipinski definition) is 2. The molecule has 0 spiro atoms. The maximum Gasteiger partial charge on any atom is 0.254 e. The predicted molar refractivity (Wildman–Crippen MR) is 75.3 cm³/mol. The van der Waals surface area contributed by atoms with Gasteiger partial charge in [0.2, 0.25) is 0 Å². The molecule has 0 radical (unpaired) electrons. The summed E-state index contributed by atoms with van der Waals surface area (Å²) in [5, 5.41) is 0.449. The lowest BCUT2D eigenvalue weighted by Crippen LogP contribution is -2.43. The van der Waals surface area contributed by atoms with Gasteiger partial charge in [-0.1, -0.05) is 44.0 Å². The van der Waals surface area contributed by atoms with Crippen LogP contribution in [0, 0.1) is 5.41 Å². The molecule has 0 saturated carbocycles. The van der Waals surface area contributed by atoms with Gasteiger partial charge in [-0.25, -0.2) is 4.98 Å². The molecule has 0 aliphatic carbocycles. The van der Waals surface area contributed by atoms with E-state index in [0.29, 0.717) is 5.56 Å². The number of carbonyl (C=O) groups is 1. The molecule has 1 rings (SSSR count). The highest BCUT2D eigenvalue weighted by atomic mass is 35.5. The Morgan fingerprint density at radius 2 is 1.72 bits per heavy atom. The standard InChI is InChI=1S/C13H18Cl2N2O/c1-8(13(2,3)4)17(5)12(18)9-6-10(14)16-11(15)7-9/h6-8H,1-5H3. The minimum Gasteiger partial charge on any atom is -0.338 e. The summed E-state index contributed by atoms with van der Waals surface area (Å²) in [5.41, 5.74) is 0.462. The minimum atomic E-state index is -0.108. The van der Waals surface area contributed by atoms with Gasteiger partial charge in [0.15, 0.2) is 0 Å². The maximum atomic E-state index is 12.3. The molecule has 1 aromatic rings. The van der Waals surface area contributed by atoms with Crippen molar-refractivity contribution in [2.45, 2.75) is 33.7 Å². The molecule has 1 unspecified atom stereocenters. The van der Waals surface area contributed by atoms with E-state index in [0.717, 1.165) is 0 Å². The Balaban J connectivity index is 3.00. The number of rotatable bonds is 2. The molecule has 3 nitrogen and oxygen atoms in total. The summed E-state index contributed by atoms with van der Waals surface area (Å²) < 4.78 is 0. The Kier molecular flexibility index (Phi) is 4.62.